The molecule has 0 aliphatic carbocycles. The maximum Gasteiger partial charge on any atom is 0.317 e. The van der Waals surface area contributed by atoms with E-state index in [9.17, 15) is 0 Å². The van der Waals surface area contributed by atoms with Gasteiger partial charge in [0.2, 0.25) is 0 Å². The zero-order chi connectivity index (χ0) is 20.8. The van der Waals surface area contributed by atoms with Crippen molar-refractivity contribution in [2.24, 2.45) is 0 Å². The van der Waals surface area contributed by atoms with Crippen LogP contribution in [0.1, 0.15) is 93.9 Å². The van der Waals surface area contributed by atoms with E-state index >= 15 is 0 Å². The van der Waals surface area contributed by atoms with Crippen molar-refractivity contribution in [2.45, 2.75) is 142 Å². The molecule has 0 aromatic carbocycles. The van der Waals surface area contributed by atoms with Crippen molar-refractivity contribution in [3.05, 3.63) is 0 Å². The molecule has 0 saturated heterocycles. The van der Waals surface area contributed by atoms with Crippen molar-refractivity contribution in [2.75, 3.05) is 0 Å². The van der Waals surface area contributed by atoms with E-state index in [0.717, 1.165) is 12.1 Å². The lowest BCUT2D eigenvalue weighted by molar-refractivity contribution is 0.358. The van der Waals surface area contributed by atoms with Crippen molar-refractivity contribution < 1.29 is 8.23 Å². The Hall–Kier alpha value is 0.571. The van der Waals surface area contributed by atoms with Crippen LogP contribution < -0.4 is 0 Å². The molecule has 0 N–H and O–H groups in total. The Morgan fingerprint density at radius 3 is 1.26 bits per heavy atom. The van der Waals surface area contributed by atoms with Crippen LogP contribution >= 0.6 is 0 Å². The quantitative estimate of drug-likeness (QED) is 0.159. The second-order valence-corrected chi connectivity index (χ2v) is 22.1. The minimum Gasteiger partial charge on any atom is -0.436 e. The molecule has 2 nitrogen and oxygen atoms in total. The molecule has 0 amide bonds. The first-order chi connectivity index (χ1) is 12.9. The molecular formula is C22H52O2Si3. The zero-order valence-corrected chi connectivity index (χ0v) is 23.2. The molecule has 5 heteroatoms. The van der Waals surface area contributed by atoms with Gasteiger partial charge in [-0.2, -0.15) is 0 Å². The summed E-state index contributed by atoms with van der Waals surface area (Å²) in [4.78, 5) is 0. The van der Waals surface area contributed by atoms with Crippen molar-refractivity contribution >= 4 is 25.2 Å². The molecule has 27 heavy (non-hydrogen) atoms. The monoisotopic (exact) mass is 432 g/mol. The van der Waals surface area contributed by atoms with Crippen molar-refractivity contribution in [1.29, 1.82) is 0 Å². The fourth-order valence-corrected chi connectivity index (χ4v) is 20.9. The predicted octanol–water partition coefficient (Wildman–Crippen LogP) is 8.85. The number of rotatable bonds is 18. The van der Waals surface area contributed by atoms with Crippen molar-refractivity contribution in [1.82, 2.24) is 0 Å². The van der Waals surface area contributed by atoms with Crippen LogP contribution in [0.3, 0.4) is 0 Å². The maximum atomic E-state index is 7.30. The molecule has 0 radical (unpaired) electrons. The van der Waals surface area contributed by atoms with E-state index in [-0.39, 0.29) is 0 Å². The van der Waals surface area contributed by atoms with Gasteiger partial charge in [-0.25, -0.2) is 0 Å². The standard InChI is InChI=1S/C22H52O2Si3/c1-9-17-18-19-20-21-22-26(13-5,14-6)24-27(15-7,16-8)23-25(10-2,11-3)12-4/h9-22H2,1-8H3. The highest BCUT2D eigenvalue weighted by atomic mass is 28.5. The molecular weight excluding hydrogens is 380 g/mol. The third-order valence-electron chi connectivity index (χ3n) is 7.09. The molecule has 0 saturated carbocycles. The molecule has 0 aliphatic rings. The van der Waals surface area contributed by atoms with E-state index in [1.165, 1.54) is 74.8 Å². The summed E-state index contributed by atoms with van der Waals surface area (Å²) in [6.07, 6.45) is 8.31. The van der Waals surface area contributed by atoms with Gasteiger partial charge in [-0.1, -0.05) is 93.9 Å². The van der Waals surface area contributed by atoms with Gasteiger partial charge in [0.25, 0.3) is 0 Å². The van der Waals surface area contributed by atoms with Crippen LogP contribution in [0.5, 0.6) is 0 Å². The van der Waals surface area contributed by atoms with Gasteiger partial charge in [0, 0.05) is 0 Å². The summed E-state index contributed by atoms with van der Waals surface area (Å²) in [6, 6.07) is 9.84. The SMILES string of the molecule is CCCCCCCC[Si](CC)(CC)O[Si](CC)(CC)O[Si](CC)(CC)CC. The van der Waals surface area contributed by atoms with Crippen LogP contribution in [0.25, 0.3) is 0 Å². The first kappa shape index (κ1) is 27.6. The van der Waals surface area contributed by atoms with E-state index in [0.29, 0.717) is 0 Å². The first-order valence-electron chi connectivity index (χ1n) is 12.3. The van der Waals surface area contributed by atoms with E-state index in [1.807, 2.05) is 0 Å². The van der Waals surface area contributed by atoms with Gasteiger partial charge < -0.3 is 8.23 Å². The average molecular weight is 433 g/mol. The highest BCUT2D eigenvalue weighted by Crippen LogP contribution is 2.36. The van der Waals surface area contributed by atoms with Crippen molar-refractivity contribution in [3.8, 4) is 0 Å². The summed E-state index contributed by atoms with van der Waals surface area (Å²) >= 11 is 0. The molecule has 0 spiro atoms. The molecule has 0 heterocycles. The molecule has 0 aromatic rings. The summed E-state index contributed by atoms with van der Waals surface area (Å²) in [6.45, 7) is 18.8. The Morgan fingerprint density at radius 2 is 0.852 bits per heavy atom. The predicted molar refractivity (Wildman–Crippen MR) is 131 cm³/mol. The van der Waals surface area contributed by atoms with Crippen LogP contribution in [-0.2, 0) is 8.23 Å². The van der Waals surface area contributed by atoms with Gasteiger partial charge in [-0.3, -0.25) is 0 Å². The summed E-state index contributed by atoms with van der Waals surface area (Å²) in [5, 5.41) is 0. The van der Waals surface area contributed by atoms with E-state index in [4.69, 9.17) is 8.23 Å². The zero-order valence-electron chi connectivity index (χ0n) is 20.2. The fraction of sp³-hybridized carbons (Fsp3) is 1.00. The first-order valence-corrected chi connectivity index (χ1v) is 19.6. The van der Waals surface area contributed by atoms with Crippen LogP contribution in [0, 0.1) is 0 Å². The minimum atomic E-state index is -2.08. The third-order valence-corrected chi connectivity index (χ3v) is 23.4. The summed E-state index contributed by atoms with van der Waals surface area (Å²) < 4.78 is 14.5. The lowest BCUT2D eigenvalue weighted by Gasteiger charge is -2.45. The fourth-order valence-electron chi connectivity index (χ4n) is 4.34. The number of hydrogen-bond donors (Lipinski definition) is 0. The van der Waals surface area contributed by atoms with Gasteiger partial charge in [-0.05, 0) is 48.4 Å². The third kappa shape index (κ3) is 8.85. The normalized spacial score (nSPS) is 13.3. The van der Waals surface area contributed by atoms with Gasteiger partial charge in [0.1, 0.15) is 0 Å². The van der Waals surface area contributed by atoms with Gasteiger partial charge >= 0.3 is 8.56 Å². The van der Waals surface area contributed by atoms with Gasteiger partial charge in [0.05, 0.1) is 0 Å². The van der Waals surface area contributed by atoms with Crippen molar-refractivity contribution in [3.63, 3.8) is 0 Å². The summed E-state index contributed by atoms with van der Waals surface area (Å²) in [5.74, 6) is 0. The lowest BCUT2D eigenvalue weighted by atomic mass is 10.1. The largest absolute Gasteiger partial charge is 0.436 e. The second kappa shape index (κ2) is 14.5. The highest BCUT2D eigenvalue weighted by Gasteiger charge is 2.47. The summed E-state index contributed by atoms with van der Waals surface area (Å²) in [5.41, 5.74) is 0. The Morgan fingerprint density at radius 1 is 0.444 bits per heavy atom. The lowest BCUT2D eigenvalue weighted by Crippen LogP contribution is -2.58. The van der Waals surface area contributed by atoms with Gasteiger partial charge in [0.15, 0.2) is 16.6 Å². The smallest absolute Gasteiger partial charge is 0.317 e. The minimum absolute atomic E-state index is 1.13. The number of hydrogen-bond acceptors (Lipinski definition) is 2. The Balaban J connectivity index is 5.19. The van der Waals surface area contributed by atoms with Gasteiger partial charge in [-0.15, -0.1) is 0 Å². The molecule has 0 unspecified atom stereocenters. The van der Waals surface area contributed by atoms with E-state index in [2.05, 4.69) is 55.4 Å². The molecule has 0 atom stereocenters. The maximum absolute atomic E-state index is 7.30. The van der Waals surface area contributed by atoms with Crippen LogP contribution in [0.4, 0.5) is 0 Å². The molecule has 164 valence electrons. The van der Waals surface area contributed by atoms with Crippen LogP contribution in [0.2, 0.25) is 48.4 Å². The topological polar surface area (TPSA) is 18.5 Å². The molecule has 0 aromatic heterocycles. The van der Waals surface area contributed by atoms with E-state index in [1.54, 1.807) is 0 Å². The Bertz CT molecular complexity index is 343. The molecule has 0 bridgehead atoms. The van der Waals surface area contributed by atoms with Crippen LogP contribution in [-0.4, -0.2) is 25.2 Å². The molecule has 0 aliphatic heterocycles. The van der Waals surface area contributed by atoms with E-state index < -0.39 is 25.2 Å². The average Bonchev–Trinajstić information content (AvgIpc) is 2.73. The number of unbranched alkanes of at least 4 members (excludes halogenated alkanes) is 5. The Labute approximate surface area is 175 Å². The second-order valence-electron chi connectivity index (χ2n) is 8.47. The summed E-state index contributed by atoms with van der Waals surface area (Å²) in [7, 11) is -5.36. The highest BCUT2D eigenvalue weighted by molar-refractivity contribution is 6.90. The Kier molecular flexibility index (Phi) is 14.8. The molecule has 0 rings (SSSR count). The van der Waals surface area contributed by atoms with Crippen LogP contribution in [0.15, 0.2) is 0 Å². The molecule has 0 fully saturated rings.